The first kappa shape index (κ1) is 21.1. The maximum absolute atomic E-state index is 13.0. The summed E-state index contributed by atoms with van der Waals surface area (Å²) in [6, 6.07) is -1.46. The first-order valence-corrected chi connectivity index (χ1v) is 9.65. The molecule has 0 spiro atoms. The van der Waals surface area contributed by atoms with Gasteiger partial charge in [0.2, 0.25) is 17.7 Å². The van der Waals surface area contributed by atoms with Crippen LogP contribution in [0, 0.1) is 6.92 Å². The van der Waals surface area contributed by atoms with Gasteiger partial charge in [0, 0.05) is 12.6 Å². The van der Waals surface area contributed by atoms with Crippen molar-refractivity contribution in [2.45, 2.75) is 50.9 Å². The molecule has 0 radical (unpaired) electrons. The van der Waals surface area contributed by atoms with Gasteiger partial charge in [0.25, 0.3) is 0 Å². The number of nitrogens with one attached hydrogen (secondary N) is 2. The second kappa shape index (κ2) is 8.78. The van der Waals surface area contributed by atoms with Crippen LogP contribution < -0.4 is 22.2 Å². The Bertz CT molecular complexity index is 833. The average molecular weight is 409 g/mol. The molecule has 1 aromatic heterocycles. The largest absolute Gasteiger partial charge is 0.519 e. The molecule has 3 heterocycles. The highest BCUT2D eigenvalue weighted by atomic mass is 16.6. The third-order valence-corrected chi connectivity index (χ3v) is 5.38. The van der Waals surface area contributed by atoms with E-state index in [0.29, 0.717) is 24.5 Å². The Morgan fingerprint density at radius 3 is 2.69 bits per heavy atom. The molecule has 3 amide bonds. The summed E-state index contributed by atoms with van der Waals surface area (Å²) in [4.78, 5) is 51.6. The number of rotatable bonds is 6. The van der Waals surface area contributed by atoms with Crippen molar-refractivity contribution in [1.82, 2.24) is 20.4 Å². The van der Waals surface area contributed by atoms with E-state index >= 15 is 0 Å². The lowest BCUT2D eigenvalue weighted by atomic mass is 10.1. The minimum Gasteiger partial charge on any atom is -0.396 e. The van der Waals surface area contributed by atoms with Gasteiger partial charge >= 0.3 is 5.82 Å². The van der Waals surface area contributed by atoms with Gasteiger partial charge in [-0.3, -0.25) is 19.3 Å². The highest BCUT2D eigenvalue weighted by molar-refractivity contribution is 5.93. The van der Waals surface area contributed by atoms with Gasteiger partial charge in [-0.2, -0.15) is 0 Å². The van der Waals surface area contributed by atoms with Crippen LogP contribution in [0.25, 0.3) is 0 Å². The summed E-state index contributed by atoms with van der Waals surface area (Å²) in [6.45, 7) is 2.76. The summed E-state index contributed by atoms with van der Waals surface area (Å²) in [5, 5.41) is 5.92. The fraction of sp³-hybridized carbons (Fsp3) is 0.667. The molecule has 0 bridgehead atoms. The third-order valence-electron chi connectivity index (χ3n) is 5.38. The monoisotopic (exact) mass is 409 g/mol. The van der Waals surface area contributed by atoms with E-state index in [4.69, 9.17) is 14.6 Å². The quantitative estimate of drug-likeness (QED) is 0.503. The second-order valence-electron chi connectivity index (χ2n) is 7.61. The molecular weight excluding hydrogens is 382 g/mol. The molecule has 2 fully saturated rings. The van der Waals surface area contributed by atoms with Crippen LogP contribution in [-0.2, 0) is 20.9 Å². The number of likely N-dealkylation sites (N-methyl/N-ethyl adjacent to an activating group) is 1. The Balaban J connectivity index is 1.62. The van der Waals surface area contributed by atoms with E-state index in [1.807, 2.05) is 0 Å². The van der Waals surface area contributed by atoms with Gasteiger partial charge in [-0.25, -0.2) is 4.79 Å². The number of primary amides is 1. The smallest absolute Gasteiger partial charge is 0.396 e. The normalized spacial score (nSPS) is 24.9. The lowest BCUT2D eigenvalue weighted by molar-refractivity contribution is -0.143. The molecule has 0 aliphatic carbocycles. The van der Waals surface area contributed by atoms with Crippen molar-refractivity contribution >= 4 is 17.7 Å². The lowest BCUT2D eigenvalue weighted by Crippen LogP contribution is -2.60. The fourth-order valence-electron chi connectivity index (χ4n) is 3.98. The molecule has 2 aliphatic rings. The summed E-state index contributed by atoms with van der Waals surface area (Å²) < 4.78 is 9.74. The minimum absolute atomic E-state index is 0.0131. The van der Waals surface area contributed by atoms with Crippen LogP contribution in [0.15, 0.2) is 13.6 Å². The van der Waals surface area contributed by atoms with Crippen molar-refractivity contribution < 1.29 is 23.2 Å². The van der Waals surface area contributed by atoms with Crippen LogP contribution in [0.3, 0.4) is 0 Å². The van der Waals surface area contributed by atoms with Crippen LogP contribution >= 0.6 is 0 Å². The molecular formula is C18H27N5O6. The van der Waals surface area contributed by atoms with Crippen LogP contribution in [-0.4, -0.2) is 72.3 Å². The number of nitrogens with two attached hydrogens (primary N) is 1. The Kier molecular flexibility index (Phi) is 6.38. The van der Waals surface area contributed by atoms with Crippen LogP contribution in [0.5, 0.6) is 0 Å². The Morgan fingerprint density at radius 2 is 2.03 bits per heavy atom. The SMILES string of the molecule is Cc1oc(=O)oc1CN(C)CC(=O)NC1CNCCC2CCC(C(N)=O)N2C1=O. The van der Waals surface area contributed by atoms with Gasteiger partial charge in [-0.15, -0.1) is 0 Å². The zero-order valence-corrected chi connectivity index (χ0v) is 16.6. The first-order valence-electron chi connectivity index (χ1n) is 9.65. The van der Waals surface area contributed by atoms with Gasteiger partial charge in [0.15, 0.2) is 5.76 Å². The number of amides is 3. The molecule has 3 atom stereocenters. The van der Waals surface area contributed by atoms with Crippen LogP contribution in [0.4, 0.5) is 0 Å². The highest BCUT2D eigenvalue weighted by Gasteiger charge is 2.43. The Labute approximate surface area is 167 Å². The van der Waals surface area contributed by atoms with Gasteiger partial charge in [-0.05, 0) is 39.8 Å². The Morgan fingerprint density at radius 1 is 1.28 bits per heavy atom. The minimum atomic E-state index is -0.786. The van der Waals surface area contributed by atoms with E-state index in [-0.39, 0.29) is 37.5 Å². The number of nitrogens with zero attached hydrogens (tertiary/aromatic N) is 2. The van der Waals surface area contributed by atoms with E-state index in [1.165, 1.54) is 0 Å². The van der Waals surface area contributed by atoms with Crippen molar-refractivity contribution in [3.05, 3.63) is 22.1 Å². The molecule has 4 N–H and O–H groups in total. The molecule has 3 rings (SSSR count). The van der Waals surface area contributed by atoms with E-state index in [2.05, 4.69) is 10.6 Å². The molecule has 11 nitrogen and oxygen atoms in total. The molecule has 11 heteroatoms. The van der Waals surface area contributed by atoms with Gasteiger partial charge < -0.3 is 30.1 Å². The van der Waals surface area contributed by atoms with E-state index in [1.54, 1.807) is 23.8 Å². The van der Waals surface area contributed by atoms with Crippen molar-refractivity contribution in [1.29, 1.82) is 0 Å². The topological polar surface area (TPSA) is 151 Å². The zero-order valence-electron chi connectivity index (χ0n) is 16.6. The van der Waals surface area contributed by atoms with Crippen LogP contribution in [0.2, 0.25) is 0 Å². The summed E-state index contributed by atoms with van der Waals surface area (Å²) in [5.74, 6) is -1.25. The highest BCUT2D eigenvalue weighted by Crippen LogP contribution is 2.27. The number of hydrogen-bond acceptors (Lipinski definition) is 8. The predicted molar refractivity (Wildman–Crippen MR) is 101 cm³/mol. The maximum Gasteiger partial charge on any atom is 0.519 e. The van der Waals surface area contributed by atoms with Gasteiger partial charge in [0.1, 0.15) is 17.8 Å². The number of fused-ring (bicyclic) bond motifs is 1. The molecule has 0 aromatic carbocycles. The van der Waals surface area contributed by atoms with Gasteiger partial charge in [0.05, 0.1) is 13.1 Å². The number of carbonyl (C=O) groups excluding carboxylic acids is 3. The molecule has 160 valence electrons. The Hall–Kier alpha value is -2.66. The summed E-state index contributed by atoms with van der Waals surface area (Å²) >= 11 is 0. The van der Waals surface area contributed by atoms with Crippen molar-refractivity contribution in [2.24, 2.45) is 5.73 Å². The molecule has 0 saturated carbocycles. The maximum atomic E-state index is 13.0. The lowest BCUT2D eigenvalue weighted by Gasteiger charge is -2.35. The second-order valence-corrected chi connectivity index (χ2v) is 7.61. The predicted octanol–water partition coefficient (Wildman–Crippen LogP) is -1.70. The summed E-state index contributed by atoms with van der Waals surface area (Å²) in [6.07, 6.45) is 2.01. The number of hydrogen-bond donors (Lipinski definition) is 3. The van der Waals surface area contributed by atoms with Crippen LogP contribution in [0.1, 0.15) is 30.8 Å². The summed E-state index contributed by atoms with van der Waals surface area (Å²) in [7, 11) is 1.68. The fourth-order valence-corrected chi connectivity index (χ4v) is 3.98. The van der Waals surface area contributed by atoms with Gasteiger partial charge in [-0.1, -0.05) is 0 Å². The van der Waals surface area contributed by atoms with Crippen molar-refractivity contribution in [3.8, 4) is 0 Å². The molecule has 2 aliphatic heterocycles. The molecule has 3 unspecified atom stereocenters. The standard InChI is InChI=1S/C18H27N5O6/c1-10-14(29-18(27)28-10)8-22(2)9-15(24)21-12-7-20-6-5-11-3-4-13(16(19)25)23(11)17(12)26/h11-13,20H,3-9H2,1-2H3,(H2,19,25)(H,21,24). The van der Waals surface area contributed by atoms with Crippen molar-refractivity contribution in [2.75, 3.05) is 26.7 Å². The van der Waals surface area contributed by atoms with E-state index < -0.39 is 23.8 Å². The van der Waals surface area contributed by atoms with E-state index in [0.717, 1.165) is 12.8 Å². The van der Waals surface area contributed by atoms with E-state index in [9.17, 15) is 19.2 Å². The molecule has 29 heavy (non-hydrogen) atoms. The van der Waals surface area contributed by atoms with Crippen molar-refractivity contribution in [3.63, 3.8) is 0 Å². The first-order chi connectivity index (χ1) is 13.8. The molecule has 2 saturated heterocycles. The summed E-state index contributed by atoms with van der Waals surface area (Å²) in [5.41, 5.74) is 5.48. The average Bonchev–Trinajstić information content (AvgIpc) is 3.18. The molecule has 1 aromatic rings. The number of aryl methyl sites for hydroxylation is 1. The third kappa shape index (κ3) is 4.85. The zero-order chi connectivity index (χ0) is 21.1. The number of carbonyl (C=O) groups is 3.